The van der Waals surface area contributed by atoms with Crippen LogP contribution in [0, 0.1) is 5.92 Å². The van der Waals surface area contributed by atoms with E-state index in [0.717, 1.165) is 4.90 Å². The quantitative estimate of drug-likeness (QED) is 0.0290. The van der Waals surface area contributed by atoms with Gasteiger partial charge in [-0.2, -0.15) is 0 Å². The molecule has 1 aliphatic heterocycles. The number of carbonyl (C=O) groups is 15. The first-order valence-electron chi connectivity index (χ1n) is 21.9. The van der Waals surface area contributed by atoms with Crippen LogP contribution in [0.25, 0.3) is 0 Å². The zero-order valence-electron chi connectivity index (χ0n) is 39.0. The van der Waals surface area contributed by atoms with Gasteiger partial charge in [-0.3, -0.25) is 67.1 Å². The second-order valence-electron chi connectivity index (χ2n) is 16.7. The van der Waals surface area contributed by atoms with Crippen LogP contribution in [-0.2, 0) is 71.9 Å². The lowest BCUT2D eigenvalue weighted by molar-refractivity contribution is -0.144. The van der Waals surface area contributed by atoms with Crippen molar-refractivity contribution < 1.29 is 103 Å². The van der Waals surface area contributed by atoms with Gasteiger partial charge >= 0.3 is 29.8 Å². The molecule has 19 N–H and O–H groups in total. The molecule has 9 atom stereocenters. The highest BCUT2D eigenvalue weighted by Crippen LogP contribution is 2.21. The third kappa shape index (κ3) is 21.7. The normalized spacial score (nSPS) is 16.3. The van der Waals surface area contributed by atoms with E-state index >= 15 is 0 Å². The molecule has 0 unspecified atom stereocenters. The van der Waals surface area contributed by atoms with Crippen LogP contribution in [0.15, 0.2) is 0 Å². The Labute approximate surface area is 408 Å². The van der Waals surface area contributed by atoms with Crippen LogP contribution in [0.3, 0.4) is 0 Å². The number of nitrogens with two attached hydrogens (primary N) is 3. The van der Waals surface area contributed by atoms with Gasteiger partial charge in [0.05, 0.1) is 31.9 Å². The Kier molecular flexibility index (Phi) is 25.7. The molecule has 1 rings (SSSR count). The SMILES string of the molecule is CC(C)[C@H](NC(=O)[C@@H]1CCCN1C(=O)[C@H](CC(N)=O)NC(=O)[C@H](CC(=O)O)NC(=O)[C@@H](N)CCC(=O)O)C(=O)N[C@@H](CCC(=O)O)C(=O)N[C@@H](CC(=O)O)C(=O)N[C@@H](CO)C(=O)N[C@@H](CCC(N)=O)C(=O)O. The fraction of sp³-hybridized carbons (Fsp3) is 0.625. The summed E-state index contributed by atoms with van der Waals surface area (Å²) in [7, 11) is 0. The highest BCUT2D eigenvalue weighted by molar-refractivity contribution is 6.00. The summed E-state index contributed by atoms with van der Waals surface area (Å²) in [4.78, 5) is 189. The largest absolute Gasteiger partial charge is 0.481 e. The molecule has 0 aromatic rings. The zero-order valence-corrected chi connectivity index (χ0v) is 39.0. The lowest BCUT2D eigenvalue weighted by Crippen LogP contribution is -2.61. The van der Waals surface area contributed by atoms with Crippen LogP contribution in [0.5, 0.6) is 0 Å². The lowest BCUT2D eigenvalue weighted by atomic mass is 10.0. The third-order valence-corrected chi connectivity index (χ3v) is 10.5. The molecule has 0 saturated carbocycles. The van der Waals surface area contributed by atoms with Crippen LogP contribution >= 0.6 is 0 Å². The van der Waals surface area contributed by atoms with Crippen molar-refractivity contribution in [1.29, 1.82) is 0 Å². The number of nitrogens with zero attached hydrogens (tertiary/aromatic N) is 1. The molecule has 32 heteroatoms. The second-order valence-corrected chi connectivity index (χ2v) is 16.7. The predicted octanol–water partition coefficient (Wildman–Crippen LogP) is -7.75. The number of carboxylic acid groups (broad SMARTS) is 5. The van der Waals surface area contributed by atoms with Crippen LogP contribution in [-0.4, -0.2) is 192 Å². The first kappa shape index (κ1) is 62.0. The van der Waals surface area contributed by atoms with E-state index in [4.69, 9.17) is 22.3 Å². The molecule has 0 bridgehead atoms. The van der Waals surface area contributed by atoms with E-state index in [1.165, 1.54) is 13.8 Å². The van der Waals surface area contributed by atoms with Gasteiger partial charge in [-0.15, -0.1) is 0 Å². The Morgan fingerprint density at radius 1 is 0.514 bits per heavy atom. The molecule has 0 aromatic heterocycles. The summed E-state index contributed by atoms with van der Waals surface area (Å²) in [6, 6.07) is -16.0. The maximum atomic E-state index is 13.9. The monoisotopic (exact) mass is 1030 g/mol. The second kappa shape index (κ2) is 29.9. The molecule has 402 valence electrons. The van der Waals surface area contributed by atoms with Crippen molar-refractivity contribution in [3.63, 3.8) is 0 Å². The van der Waals surface area contributed by atoms with Crippen molar-refractivity contribution in [2.24, 2.45) is 23.1 Å². The molecule has 1 aliphatic rings. The fourth-order valence-electron chi connectivity index (χ4n) is 6.77. The van der Waals surface area contributed by atoms with Gasteiger partial charge < -0.3 is 90.0 Å². The van der Waals surface area contributed by atoms with E-state index in [1.54, 1.807) is 0 Å². The highest BCUT2D eigenvalue weighted by Gasteiger charge is 2.41. The van der Waals surface area contributed by atoms with Crippen LogP contribution in [0.4, 0.5) is 0 Å². The first-order valence-corrected chi connectivity index (χ1v) is 21.9. The van der Waals surface area contributed by atoms with E-state index in [2.05, 4.69) is 21.3 Å². The van der Waals surface area contributed by atoms with Gasteiger partial charge in [-0.25, -0.2) is 4.79 Å². The molecule has 32 nitrogen and oxygen atoms in total. The zero-order chi connectivity index (χ0) is 55.2. The van der Waals surface area contributed by atoms with Gasteiger partial charge in [0.15, 0.2) is 0 Å². The van der Waals surface area contributed by atoms with Crippen molar-refractivity contribution in [3.8, 4) is 0 Å². The average molecular weight is 1030 g/mol. The standard InChI is InChI=1S/C40H61N11O21/c1-16(2)31(50-37(68)24-4-3-11-51(24)39(70)22(12-26(43)54)48-34(65)20(13-29(59)60)46-32(63)17(41)5-9-27(55)56)38(69)44-18(7-10-28(57)58)33(64)47-21(14-30(61)62)35(66)49-23(15-52)36(67)45-19(40(71)72)6-8-25(42)53/h16-24,31,52H,3-15,41H2,1-2H3,(H2,42,53)(H2,43,54)(H,44,69)(H,45,67)(H,46,63)(H,47,64)(H,48,65)(H,49,66)(H,50,68)(H,55,56)(H,57,58)(H,59,60)(H,61,62)(H,71,72)/t17-,18-,19-,20-,21-,22-,23-,24-,31-/m0/s1. The summed E-state index contributed by atoms with van der Waals surface area (Å²) in [5, 5.41) is 71.2. The number of carboxylic acids is 5. The number of aliphatic hydroxyl groups is 1. The number of likely N-dealkylation sites (tertiary alicyclic amines) is 1. The van der Waals surface area contributed by atoms with Crippen LogP contribution in [0.1, 0.15) is 84.5 Å². The van der Waals surface area contributed by atoms with Crippen molar-refractivity contribution in [2.45, 2.75) is 139 Å². The van der Waals surface area contributed by atoms with Gasteiger partial charge in [0, 0.05) is 25.8 Å². The molecule has 0 radical (unpaired) electrons. The number of aliphatic hydroxyl groups excluding tert-OH is 1. The summed E-state index contributed by atoms with van der Waals surface area (Å²) in [5.41, 5.74) is 16.0. The third-order valence-electron chi connectivity index (χ3n) is 10.5. The minimum absolute atomic E-state index is 0.0714. The summed E-state index contributed by atoms with van der Waals surface area (Å²) >= 11 is 0. The Balaban J connectivity index is 3.36. The topological polar surface area (TPSA) is 543 Å². The molecule has 1 fully saturated rings. The lowest BCUT2D eigenvalue weighted by Gasteiger charge is -2.31. The molecule has 1 heterocycles. The van der Waals surface area contributed by atoms with Crippen LogP contribution < -0.4 is 54.4 Å². The Morgan fingerprint density at radius 2 is 0.958 bits per heavy atom. The minimum Gasteiger partial charge on any atom is -0.481 e. The molecule has 72 heavy (non-hydrogen) atoms. The average Bonchev–Trinajstić information content (AvgIpc) is 3.77. The van der Waals surface area contributed by atoms with Crippen molar-refractivity contribution in [3.05, 3.63) is 0 Å². The summed E-state index contributed by atoms with van der Waals surface area (Å²) in [6.45, 7) is 1.47. The molecule has 0 spiro atoms. The summed E-state index contributed by atoms with van der Waals surface area (Å²) in [6.07, 6.45) is -6.58. The Hall–Kier alpha value is -8.03. The van der Waals surface area contributed by atoms with Gasteiger partial charge in [0.25, 0.3) is 0 Å². The highest BCUT2D eigenvalue weighted by atomic mass is 16.4. The van der Waals surface area contributed by atoms with Crippen molar-refractivity contribution in [2.75, 3.05) is 13.2 Å². The maximum absolute atomic E-state index is 13.9. The molecular formula is C40H61N11O21. The van der Waals surface area contributed by atoms with E-state index in [9.17, 15) is 97.5 Å². The number of hydrogen-bond acceptors (Lipinski definition) is 17. The number of nitrogens with one attached hydrogen (secondary N) is 7. The van der Waals surface area contributed by atoms with E-state index < -0.39 is 214 Å². The molecule has 10 amide bonds. The van der Waals surface area contributed by atoms with Crippen molar-refractivity contribution in [1.82, 2.24) is 42.1 Å². The molecular weight excluding hydrogens is 970 g/mol. The number of primary amides is 2. The number of hydrogen-bond donors (Lipinski definition) is 16. The number of amides is 10. The fourth-order valence-corrected chi connectivity index (χ4v) is 6.77. The smallest absolute Gasteiger partial charge is 0.326 e. The van der Waals surface area contributed by atoms with Gasteiger partial charge in [0.2, 0.25) is 59.1 Å². The molecule has 0 aromatic carbocycles. The molecule has 0 aliphatic carbocycles. The number of rotatable bonds is 33. The van der Waals surface area contributed by atoms with E-state index in [1.807, 2.05) is 16.0 Å². The molecule has 1 saturated heterocycles. The summed E-state index contributed by atoms with van der Waals surface area (Å²) in [5.74, 6) is -20.4. The number of aliphatic carboxylic acids is 5. The minimum atomic E-state index is -2.10. The van der Waals surface area contributed by atoms with Crippen molar-refractivity contribution >= 4 is 88.9 Å². The van der Waals surface area contributed by atoms with E-state index in [0.29, 0.717) is 0 Å². The van der Waals surface area contributed by atoms with Gasteiger partial charge in [0.1, 0.15) is 48.3 Å². The predicted molar refractivity (Wildman–Crippen MR) is 236 cm³/mol. The van der Waals surface area contributed by atoms with Crippen LogP contribution in [0.2, 0.25) is 0 Å². The Bertz CT molecular complexity index is 2090. The van der Waals surface area contributed by atoms with E-state index in [-0.39, 0.29) is 19.4 Å². The van der Waals surface area contributed by atoms with Gasteiger partial charge in [-0.1, -0.05) is 13.8 Å². The maximum Gasteiger partial charge on any atom is 0.326 e. The van der Waals surface area contributed by atoms with Gasteiger partial charge in [-0.05, 0) is 38.0 Å². The first-order chi connectivity index (χ1) is 33.5. The number of carbonyl (C=O) groups excluding carboxylic acids is 10. The Morgan fingerprint density at radius 3 is 1.43 bits per heavy atom. The summed E-state index contributed by atoms with van der Waals surface area (Å²) < 4.78 is 0.